The number of fused-ring (bicyclic) bond motifs is 1. The molecule has 110 valence electrons. The summed E-state index contributed by atoms with van der Waals surface area (Å²) in [4.78, 5) is 12.0. The van der Waals surface area contributed by atoms with E-state index in [1.807, 2.05) is 25.1 Å². The first-order chi connectivity index (χ1) is 9.33. The van der Waals surface area contributed by atoms with E-state index in [2.05, 4.69) is 32.2 Å². The van der Waals surface area contributed by atoms with E-state index in [0.717, 1.165) is 24.0 Å². The van der Waals surface area contributed by atoms with E-state index in [-0.39, 0.29) is 11.5 Å². The van der Waals surface area contributed by atoms with Crippen molar-refractivity contribution in [1.29, 1.82) is 0 Å². The van der Waals surface area contributed by atoms with Crippen LogP contribution in [0.15, 0.2) is 24.3 Å². The van der Waals surface area contributed by atoms with Crippen molar-refractivity contribution in [2.45, 2.75) is 64.0 Å². The lowest BCUT2D eigenvalue weighted by Gasteiger charge is -2.44. The summed E-state index contributed by atoms with van der Waals surface area (Å²) < 4.78 is 0. The molecule has 0 aliphatic heterocycles. The number of carbonyl (C=O) groups is 1. The van der Waals surface area contributed by atoms with E-state index >= 15 is 0 Å². The van der Waals surface area contributed by atoms with Gasteiger partial charge in [0.25, 0.3) is 0 Å². The maximum Gasteiger partial charge on any atom is 0.328 e. The molecule has 2 atom stereocenters. The average Bonchev–Trinajstić information content (AvgIpc) is 2.42. The van der Waals surface area contributed by atoms with E-state index in [0.29, 0.717) is 6.42 Å². The van der Waals surface area contributed by atoms with Crippen molar-refractivity contribution in [3.8, 4) is 0 Å². The Hall–Kier alpha value is -1.35. The topological polar surface area (TPSA) is 49.3 Å². The standard InChI is InChI=1S/C17H25NO2/c1-5-12(2)18-17(15(19)20)11-10-16(3,4)13-8-6-7-9-14(13)17/h6-9,12,18H,5,10-11H2,1-4H3,(H,19,20). The van der Waals surface area contributed by atoms with Crippen LogP contribution in [0.25, 0.3) is 0 Å². The van der Waals surface area contributed by atoms with Gasteiger partial charge in [0.15, 0.2) is 0 Å². The van der Waals surface area contributed by atoms with Gasteiger partial charge in [-0.3, -0.25) is 5.32 Å². The molecule has 20 heavy (non-hydrogen) atoms. The molecular formula is C17H25NO2. The Kier molecular flexibility index (Phi) is 3.92. The summed E-state index contributed by atoms with van der Waals surface area (Å²) in [5.41, 5.74) is 1.18. The Morgan fingerprint density at radius 1 is 1.30 bits per heavy atom. The molecule has 3 nitrogen and oxygen atoms in total. The minimum atomic E-state index is -0.943. The van der Waals surface area contributed by atoms with Crippen LogP contribution in [-0.4, -0.2) is 17.1 Å². The summed E-state index contributed by atoms with van der Waals surface area (Å²) in [6, 6.07) is 8.17. The quantitative estimate of drug-likeness (QED) is 0.885. The molecule has 1 aromatic rings. The zero-order chi connectivity index (χ0) is 15.0. The lowest BCUT2D eigenvalue weighted by atomic mass is 9.65. The Labute approximate surface area is 121 Å². The zero-order valence-corrected chi connectivity index (χ0v) is 12.9. The summed E-state index contributed by atoms with van der Waals surface area (Å²) >= 11 is 0. The van der Waals surface area contributed by atoms with E-state index in [1.165, 1.54) is 0 Å². The minimum Gasteiger partial charge on any atom is -0.480 e. The van der Waals surface area contributed by atoms with Crippen molar-refractivity contribution in [3.05, 3.63) is 35.4 Å². The molecule has 0 fully saturated rings. The molecule has 0 bridgehead atoms. The molecule has 2 unspecified atom stereocenters. The van der Waals surface area contributed by atoms with Gasteiger partial charge in [0.2, 0.25) is 0 Å². The van der Waals surface area contributed by atoms with Crippen LogP contribution in [0, 0.1) is 0 Å². The molecule has 0 heterocycles. The van der Waals surface area contributed by atoms with Gasteiger partial charge in [0.1, 0.15) is 5.54 Å². The Balaban J connectivity index is 2.57. The van der Waals surface area contributed by atoms with Crippen LogP contribution in [0.1, 0.15) is 58.1 Å². The first-order valence-electron chi connectivity index (χ1n) is 7.44. The van der Waals surface area contributed by atoms with E-state index in [9.17, 15) is 9.90 Å². The molecule has 0 spiro atoms. The number of carboxylic acid groups (broad SMARTS) is 1. The van der Waals surface area contributed by atoms with Gasteiger partial charge in [-0.2, -0.15) is 0 Å². The highest BCUT2D eigenvalue weighted by Gasteiger charge is 2.48. The average molecular weight is 275 g/mol. The normalized spacial score (nSPS) is 25.8. The molecule has 1 aromatic carbocycles. The van der Waals surface area contributed by atoms with Crippen molar-refractivity contribution in [1.82, 2.24) is 5.32 Å². The summed E-state index contributed by atoms with van der Waals surface area (Å²) in [5.74, 6) is -0.763. The van der Waals surface area contributed by atoms with Crippen molar-refractivity contribution in [3.63, 3.8) is 0 Å². The number of hydrogen-bond donors (Lipinski definition) is 2. The van der Waals surface area contributed by atoms with Gasteiger partial charge in [-0.15, -0.1) is 0 Å². The third kappa shape index (κ3) is 2.35. The van der Waals surface area contributed by atoms with Crippen molar-refractivity contribution < 1.29 is 9.90 Å². The highest BCUT2D eigenvalue weighted by molar-refractivity contribution is 5.82. The van der Waals surface area contributed by atoms with Crippen LogP contribution < -0.4 is 5.32 Å². The molecule has 0 saturated heterocycles. The first kappa shape index (κ1) is 15.0. The SMILES string of the molecule is CCC(C)NC1(C(=O)O)CCC(C)(C)c2ccccc21. The lowest BCUT2D eigenvalue weighted by molar-refractivity contribution is -0.146. The number of rotatable bonds is 4. The van der Waals surface area contributed by atoms with Crippen LogP contribution in [-0.2, 0) is 15.7 Å². The Morgan fingerprint density at radius 3 is 2.45 bits per heavy atom. The van der Waals surface area contributed by atoms with Gasteiger partial charge in [-0.25, -0.2) is 4.79 Å². The first-order valence-corrected chi connectivity index (χ1v) is 7.44. The van der Waals surface area contributed by atoms with Gasteiger partial charge in [-0.05, 0) is 42.7 Å². The second-order valence-corrected chi connectivity index (χ2v) is 6.59. The van der Waals surface area contributed by atoms with Crippen LogP contribution in [0.3, 0.4) is 0 Å². The third-order valence-electron chi connectivity index (χ3n) is 4.71. The summed E-state index contributed by atoms with van der Waals surface area (Å²) in [5, 5.41) is 13.3. The van der Waals surface area contributed by atoms with Gasteiger partial charge in [0.05, 0.1) is 0 Å². The number of aliphatic carboxylic acids is 1. The number of hydrogen-bond acceptors (Lipinski definition) is 2. The largest absolute Gasteiger partial charge is 0.480 e. The Bertz CT molecular complexity index is 509. The molecule has 3 heteroatoms. The molecule has 1 aliphatic carbocycles. The lowest BCUT2D eigenvalue weighted by Crippen LogP contribution is -2.56. The highest BCUT2D eigenvalue weighted by Crippen LogP contribution is 2.45. The van der Waals surface area contributed by atoms with Gasteiger partial charge >= 0.3 is 5.97 Å². The second-order valence-electron chi connectivity index (χ2n) is 6.59. The maximum absolute atomic E-state index is 12.0. The molecule has 2 N–H and O–H groups in total. The van der Waals surface area contributed by atoms with Crippen molar-refractivity contribution in [2.75, 3.05) is 0 Å². The number of benzene rings is 1. The maximum atomic E-state index is 12.0. The van der Waals surface area contributed by atoms with Gasteiger partial charge in [-0.1, -0.05) is 45.0 Å². The van der Waals surface area contributed by atoms with Crippen LogP contribution >= 0.6 is 0 Å². The van der Waals surface area contributed by atoms with Gasteiger partial charge in [0, 0.05) is 6.04 Å². The van der Waals surface area contributed by atoms with Crippen LogP contribution in [0.5, 0.6) is 0 Å². The summed E-state index contributed by atoms with van der Waals surface area (Å²) in [6.07, 6.45) is 2.43. The smallest absolute Gasteiger partial charge is 0.328 e. The second kappa shape index (κ2) is 5.21. The van der Waals surface area contributed by atoms with Crippen LogP contribution in [0.4, 0.5) is 0 Å². The van der Waals surface area contributed by atoms with Gasteiger partial charge < -0.3 is 5.11 Å². The number of carboxylic acids is 1. The predicted octanol–water partition coefficient (Wildman–Crippen LogP) is 3.43. The highest BCUT2D eigenvalue weighted by atomic mass is 16.4. The molecule has 0 aromatic heterocycles. The summed E-state index contributed by atoms with van der Waals surface area (Å²) in [6.45, 7) is 8.51. The molecule has 2 rings (SSSR count). The van der Waals surface area contributed by atoms with E-state index in [1.54, 1.807) is 0 Å². The Morgan fingerprint density at radius 2 is 1.90 bits per heavy atom. The molecule has 1 aliphatic rings. The molecular weight excluding hydrogens is 250 g/mol. The van der Waals surface area contributed by atoms with Crippen LogP contribution in [0.2, 0.25) is 0 Å². The fourth-order valence-corrected chi connectivity index (χ4v) is 3.17. The molecule has 0 saturated carbocycles. The monoisotopic (exact) mass is 275 g/mol. The molecule has 0 amide bonds. The molecule has 0 radical (unpaired) electrons. The fourth-order valence-electron chi connectivity index (χ4n) is 3.17. The minimum absolute atomic E-state index is 0.0344. The van der Waals surface area contributed by atoms with E-state index in [4.69, 9.17) is 0 Å². The van der Waals surface area contributed by atoms with E-state index < -0.39 is 11.5 Å². The summed E-state index contributed by atoms with van der Waals surface area (Å²) in [7, 11) is 0. The number of nitrogens with one attached hydrogen (secondary N) is 1. The zero-order valence-electron chi connectivity index (χ0n) is 12.9. The predicted molar refractivity (Wildman–Crippen MR) is 80.9 cm³/mol. The third-order valence-corrected chi connectivity index (χ3v) is 4.71. The van der Waals surface area contributed by atoms with Crippen molar-refractivity contribution >= 4 is 5.97 Å². The fraction of sp³-hybridized carbons (Fsp3) is 0.588. The van der Waals surface area contributed by atoms with Crippen molar-refractivity contribution in [2.24, 2.45) is 0 Å².